The van der Waals surface area contributed by atoms with E-state index in [2.05, 4.69) is 74.3 Å². The van der Waals surface area contributed by atoms with Crippen molar-refractivity contribution >= 4 is 43.5 Å². The van der Waals surface area contributed by atoms with Gasteiger partial charge in [-0.05, 0) is 41.7 Å². The van der Waals surface area contributed by atoms with Crippen molar-refractivity contribution in [3.05, 3.63) is 99.5 Å². The van der Waals surface area contributed by atoms with Crippen LogP contribution in [0.2, 0.25) is 0 Å². The van der Waals surface area contributed by atoms with E-state index in [4.69, 9.17) is 4.98 Å². The van der Waals surface area contributed by atoms with E-state index in [0.29, 0.717) is 17.2 Å². The van der Waals surface area contributed by atoms with Crippen molar-refractivity contribution in [3.63, 3.8) is 0 Å². The van der Waals surface area contributed by atoms with Gasteiger partial charge in [-0.25, -0.2) is 9.97 Å². The largest absolute Gasteiger partial charge is 0.282 e. The molecule has 0 radical (unpaired) electrons. The number of fused-ring (bicyclic) bond motifs is 3. The molecule has 5 aromatic rings. The minimum absolute atomic E-state index is 0.00217. The molecule has 0 aliphatic rings. The zero-order valence-electron chi connectivity index (χ0n) is 18.9. The summed E-state index contributed by atoms with van der Waals surface area (Å²) in [7, 11) is 0. The summed E-state index contributed by atoms with van der Waals surface area (Å²) < 4.78 is 2.49. The van der Waals surface area contributed by atoms with E-state index in [1.165, 1.54) is 28.0 Å². The zero-order valence-corrected chi connectivity index (χ0v) is 20.5. The predicted molar refractivity (Wildman–Crippen MR) is 140 cm³/mol. The third-order valence-electron chi connectivity index (χ3n) is 5.79. The van der Waals surface area contributed by atoms with Gasteiger partial charge in [0.25, 0.3) is 5.56 Å². The minimum atomic E-state index is 0.00217. The highest BCUT2D eigenvalue weighted by Crippen LogP contribution is 2.31. The van der Waals surface area contributed by atoms with Crippen LogP contribution in [-0.2, 0) is 12.3 Å². The summed E-state index contributed by atoms with van der Waals surface area (Å²) in [5.41, 5.74) is 5.60. The Balaban J connectivity index is 1.58. The molecule has 0 saturated heterocycles. The molecule has 5 rings (SSSR count). The molecule has 0 amide bonds. The van der Waals surface area contributed by atoms with E-state index in [9.17, 15) is 4.79 Å². The van der Waals surface area contributed by atoms with Crippen LogP contribution < -0.4 is 5.56 Å². The summed E-state index contributed by atoms with van der Waals surface area (Å²) in [4.78, 5) is 23.9. The quantitative estimate of drug-likeness (QED) is 0.202. The van der Waals surface area contributed by atoms with Gasteiger partial charge in [-0.1, -0.05) is 79.7 Å². The molecule has 3 aromatic heterocycles. The van der Waals surface area contributed by atoms with Crippen LogP contribution in [0.5, 0.6) is 0 Å². The van der Waals surface area contributed by atoms with E-state index in [0.717, 1.165) is 32.2 Å². The van der Waals surface area contributed by atoms with Crippen LogP contribution >= 0.6 is 23.1 Å². The fourth-order valence-electron chi connectivity index (χ4n) is 3.81. The lowest BCUT2D eigenvalue weighted by atomic mass is 10.0. The van der Waals surface area contributed by atoms with Gasteiger partial charge >= 0.3 is 0 Å². The first-order valence-corrected chi connectivity index (χ1v) is 12.8. The van der Waals surface area contributed by atoms with Crippen LogP contribution in [0, 0.1) is 6.92 Å². The van der Waals surface area contributed by atoms with Gasteiger partial charge in [-0.15, -0.1) is 11.3 Å². The molecular weight excluding hydrogens is 446 g/mol. The summed E-state index contributed by atoms with van der Waals surface area (Å²) in [6.45, 7) is 6.96. The molecule has 0 aliphatic carbocycles. The van der Waals surface area contributed by atoms with E-state index >= 15 is 0 Å². The summed E-state index contributed by atoms with van der Waals surface area (Å²) >= 11 is 3.04. The van der Waals surface area contributed by atoms with Crippen molar-refractivity contribution in [1.29, 1.82) is 0 Å². The Morgan fingerprint density at radius 1 is 1.00 bits per heavy atom. The number of hydrogen-bond donors (Lipinski definition) is 0. The minimum Gasteiger partial charge on any atom is -0.282 e. The lowest BCUT2D eigenvalue weighted by molar-refractivity contribution is 0.659. The van der Waals surface area contributed by atoms with Crippen molar-refractivity contribution in [3.8, 4) is 0 Å². The lowest BCUT2D eigenvalue weighted by Gasteiger charge is -2.13. The predicted octanol–water partition coefficient (Wildman–Crippen LogP) is 6.78. The van der Waals surface area contributed by atoms with E-state index in [-0.39, 0.29) is 5.56 Å². The molecule has 0 saturated carbocycles. The highest BCUT2D eigenvalue weighted by Gasteiger charge is 2.17. The van der Waals surface area contributed by atoms with Crippen LogP contribution in [0.25, 0.3) is 20.4 Å². The molecule has 0 N–H and O–H groups in total. The lowest BCUT2D eigenvalue weighted by Crippen LogP contribution is -2.23. The number of benzene rings is 2. The van der Waals surface area contributed by atoms with Gasteiger partial charge in [0.15, 0.2) is 5.16 Å². The Kier molecular flexibility index (Phi) is 6.04. The monoisotopic (exact) mass is 471 g/mol. The first-order valence-electron chi connectivity index (χ1n) is 11.0. The fourth-order valence-corrected chi connectivity index (χ4v) is 5.79. The molecule has 0 spiro atoms. The summed E-state index contributed by atoms with van der Waals surface area (Å²) in [6, 6.07) is 20.9. The molecule has 0 atom stereocenters. The number of nitrogens with zero attached hydrogens (tertiary/aromatic N) is 3. The first kappa shape index (κ1) is 21.9. The van der Waals surface area contributed by atoms with Gasteiger partial charge < -0.3 is 0 Å². The molecule has 4 nitrogen and oxygen atoms in total. The van der Waals surface area contributed by atoms with Crippen LogP contribution in [0.15, 0.2) is 76.8 Å². The van der Waals surface area contributed by atoms with Gasteiger partial charge in [0.2, 0.25) is 0 Å². The average Bonchev–Trinajstić information content (AvgIpc) is 3.20. The van der Waals surface area contributed by atoms with Crippen LogP contribution in [0.3, 0.4) is 0 Å². The number of pyridine rings is 1. The number of aromatic nitrogens is 3. The second-order valence-corrected chi connectivity index (χ2v) is 10.5. The molecule has 0 bridgehead atoms. The maximum Gasteiger partial charge on any atom is 0.272 e. The number of rotatable bonds is 6. The molecule has 0 fully saturated rings. The molecule has 3 heterocycles. The van der Waals surface area contributed by atoms with Crippen LogP contribution in [-0.4, -0.2) is 14.5 Å². The number of aryl methyl sites for hydroxylation is 1. The smallest absolute Gasteiger partial charge is 0.272 e. The molecule has 33 heavy (non-hydrogen) atoms. The van der Waals surface area contributed by atoms with Crippen molar-refractivity contribution in [2.45, 2.75) is 44.1 Å². The van der Waals surface area contributed by atoms with E-state index in [1.807, 2.05) is 16.7 Å². The Hall–Kier alpha value is -2.96. The van der Waals surface area contributed by atoms with Gasteiger partial charge in [0, 0.05) is 17.3 Å². The number of thiophene rings is 1. The molecule has 2 aromatic carbocycles. The Bertz CT molecular complexity index is 1480. The summed E-state index contributed by atoms with van der Waals surface area (Å²) in [5, 5.41) is 1.68. The molecule has 0 aliphatic heterocycles. The summed E-state index contributed by atoms with van der Waals surface area (Å²) in [6.07, 6.45) is 1.76. The topological polar surface area (TPSA) is 47.8 Å². The van der Waals surface area contributed by atoms with E-state index < -0.39 is 0 Å². The highest BCUT2D eigenvalue weighted by atomic mass is 32.2. The number of thioether (sulfide) groups is 1. The molecule has 166 valence electrons. The third kappa shape index (κ3) is 4.45. The molecule has 0 unspecified atom stereocenters. The first-order chi connectivity index (χ1) is 16.0. The second kappa shape index (κ2) is 9.12. The maximum absolute atomic E-state index is 13.6. The van der Waals surface area contributed by atoms with Crippen LogP contribution in [0.1, 0.15) is 42.0 Å². The van der Waals surface area contributed by atoms with Gasteiger partial charge in [0.05, 0.1) is 12.1 Å². The fraction of sp³-hybridized carbons (Fsp3) is 0.222. The van der Waals surface area contributed by atoms with Gasteiger partial charge in [-0.3, -0.25) is 9.36 Å². The second-order valence-electron chi connectivity index (χ2n) is 8.59. The standard InChI is InChI=1S/C27H25N3OS2/c1-17(2)21-12-10-19(11-13-21)15-30-26(31)24-23(22-5-4-14-28-25(22)33-24)29-27(30)32-16-20-8-6-18(3)7-9-20/h4-14,17H,15-16H2,1-3H3. The molecule has 6 heteroatoms. The van der Waals surface area contributed by atoms with Crippen molar-refractivity contribution in [2.24, 2.45) is 0 Å². The third-order valence-corrected chi connectivity index (χ3v) is 7.93. The van der Waals surface area contributed by atoms with Crippen LogP contribution in [0.4, 0.5) is 0 Å². The Labute approximate surface area is 201 Å². The summed E-state index contributed by atoms with van der Waals surface area (Å²) in [5.74, 6) is 1.23. The normalized spacial score (nSPS) is 11.6. The van der Waals surface area contributed by atoms with E-state index in [1.54, 1.807) is 18.0 Å². The SMILES string of the molecule is Cc1ccc(CSc2nc3c(sc4ncccc43)c(=O)n2Cc2ccc(C(C)C)cc2)cc1. The van der Waals surface area contributed by atoms with Crippen molar-refractivity contribution in [2.75, 3.05) is 0 Å². The maximum atomic E-state index is 13.6. The molecular formula is C27H25N3OS2. The Morgan fingerprint density at radius 2 is 1.73 bits per heavy atom. The van der Waals surface area contributed by atoms with Gasteiger partial charge in [-0.2, -0.15) is 0 Å². The van der Waals surface area contributed by atoms with Crippen molar-refractivity contribution in [1.82, 2.24) is 14.5 Å². The Morgan fingerprint density at radius 3 is 2.45 bits per heavy atom. The highest BCUT2D eigenvalue weighted by molar-refractivity contribution is 7.98. The number of hydrogen-bond acceptors (Lipinski definition) is 5. The average molecular weight is 472 g/mol. The zero-order chi connectivity index (χ0) is 22.9. The van der Waals surface area contributed by atoms with Crippen molar-refractivity contribution < 1.29 is 0 Å². The van der Waals surface area contributed by atoms with Gasteiger partial charge in [0.1, 0.15) is 9.53 Å².